The number of benzene rings is 2. The summed E-state index contributed by atoms with van der Waals surface area (Å²) in [5.41, 5.74) is 0.957. The number of thiazole rings is 1. The van der Waals surface area contributed by atoms with E-state index in [4.69, 9.17) is 4.98 Å². The molecule has 0 spiro atoms. The second kappa shape index (κ2) is 7.32. The van der Waals surface area contributed by atoms with Crippen LogP contribution in [0.15, 0.2) is 42.5 Å². The number of nitrogens with zero attached hydrogens (tertiary/aromatic N) is 2. The van der Waals surface area contributed by atoms with Gasteiger partial charge < -0.3 is 5.32 Å². The van der Waals surface area contributed by atoms with Crippen molar-refractivity contribution in [3.63, 3.8) is 0 Å². The van der Waals surface area contributed by atoms with Crippen LogP contribution >= 0.6 is 11.3 Å². The monoisotopic (exact) mass is 387 g/mol. The summed E-state index contributed by atoms with van der Waals surface area (Å²) in [5.74, 6) is -1.76. The number of anilines is 1. The van der Waals surface area contributed by atoms with Crippen molar-refractivity contribution in [2.45, 2.75) is 31.8 Å². The Morgan fingerprint density at radius 2 is 2.11 bits per heavy atom. The number of halogens is 2. The van der Waals surface area contributed by atoms with Gasteiger partial charge in [0, 0.05) is 6.07 Å². The van der Waals surface area contributed by atoms with Gasteiger partial charge in [-0.2, -0.15) is 0 Å². The van der Waals surface area contributed by atoms with E-state index in [9.17, 15) is 13.6 Å². The van der Waals surface area contributed by atoms with Gasteiger partial charge in [-0.1, -0.05) is 12.1 Å². The molecule has 4 nitrogen and oxygen atoms in total. The van der Waals surface area contributed by atoms with Crippen molar-refractivity contribution >= 4 is 33.1 Å². The van der Waals surface area contributed by atoms with Crippen LogP contribution in [0.25, 0.3) is 10.2 Å². The standard InChI is InChI=1S/C20H19F2N3OS/c1-12(19(26)23-15-9-8-13(21)11-14(15)22)25-10-4-6-17(25)20-24-16-5-2-3-7-18(16)27-20/h2-3,5,7-9,11-12,17H,4,6,10H2,1H3,(H,23,26). The Kier molecular flexibility index (Phi) is 4.88. The molecule has 2 heterocycles. The maximum atomic E-state index is 13.8. The van der Waals surface area contributed by atoms with Crippen molar-refractivity contribution in [2.75, 3.05) is 11.9 Å². The first-order valence-electron chi connectivity index (χ1n) is 8.90. The van der Waals surface area contributed by atoms with Crippen molar-refractivity contribution in [2.24, 2.45) is 0 Å². The molecule has 0 saturated carbocycles. The minimum absolute atomic E-state index is 0.0102. The van der Waals surface area contributed by atoms with Crippen LogP contribution in [0.1, 0.15) is 30.8 Å². The lowest BCUT2D eigenvalue weighted by atomic mass is 10.2. The second-order valence-electron chi connectivity index (χ2n) is 6.71. The molecule has 1 fully saturated rings. The highest BCUT2D eigenvalue weighted by molar-refractivity contribution is 7.18. The van der Waals surface area contributed by atoms with E-state index >= 15 is 0 Å². The van der Waals surface area contributed by atoms with Crippen LogP contribution in [0.5, 0.6) is 0 Å². The van der Waals surface area contributed by atoms with Crippen molar-refractivity contribution in [3.8, 4) is 0 Å². The van der Waals surface area contributed by atoms with Crippen LogP contribution in [-0.2, 0) is 4.79 Å². The number of hydrogen-bond donors (Lipinski definition) is 1. The molecule has 0 bridgehead atoms. The maximum Gasteiger partial charge on any atom is 0.241 e. The molecular weight excluding hydrogens is 368 g/mol. The van der Waals surface area contributed by atoms with Gasteiger partial charge in [0.05, 0.1) is 28.0 Å². The summed E-state index contributed by atoms with van der Waals surface area (Å²) in [6, 6.07) is 10.7. The lowest BCUT2D eigenvalue weighted by molar-refractivity contribution is -0.121. The molecule has 1 aromatic heterocycles. The van der Waals surface area contributed by atoms with E-state index in [0.29, 0.717) is 0 Å². The summed E-state index contributed by atoms with van der Waals surface area (Å²) in [7, 11) is 0. The fourth-order valence-electron chi connectivity index (χ4n) is 3.53. The van der Waals surface area contributed by atoms with E-state index in [1.165, 1.54) is 6.07 Å². The fourth-order valence-corrected chi connectivity index (χ4v) is 4.65. The third-order valence-corrected chi connectivity index (χ3v) is 6.09. The number of likely N-dealkylation sites (tertiary alicyclic amines) is 1. The number of nitrogens with one attached hydrogen (secondary N) is 1. The second-order valence-corrected chi connectivity index (χ2v) is 7.77. The van der Waals surface area contributed by atoms with E-state index in [1.54, 1.807) is 11.3 Å². The van der Waals surface area contributed by atoms with Gasteiger partial charge in [0.15, 0.2) is 0 Å². The molecule has 0 aliphatic carbocycles. The molecule has 0 radical (unpaired) electrons. The van der Waals surface area contributed by atoms with E-state index in [-0.39, 0.29) is 17.6 Å². The quantitative estimate of drug-likeness (QED) is 0.703. The molecule has 1 N–H and O–H groups in total. The highest BCUT2D eigenvalue weighted by Gasteiger charge is 2.35. The van der Waals surface area contributed by atoms with Crippen molar-refractivity contribution in [1.82, 2.24) is 9.88 Å². The Balaban J connectivity index is 1.53. The minimum atomic E-state index is -0.778. The molecule has 4 rings (SSSR count). The first-order valence-corrected chi connectivity index (χ1v) is 9.72. The Bertz CT molecular complexity index is 957. The van der Waals surface area contributed by atoms with Crippen molar-refractivity contribution in [1.29, 1.82) is 0 Å². The Hall–Kier alpha value is -2.38. The largest absolute Gasteiger partial charge is 0.322 e. The van der Waals surface area contributed by atoms with Crippen LogP contribution < -0.4 is 5.32 Å². The first-order chi connectivity index (χ1) is 13.0. The topological polar surface area (TPSA) is 45.2 Å². The number of hydrogen-bond acceptors (Lipinski definition) is 4. The van der Waals surface area contributed by atoms with Gasteiger partial charge >= 0.3 is 0 Å². The SMILES string of the molecule is CC(C(=O)Nc1ccc(F)cc1F)N1CCCC1c1nc2ccccc2s1. The van der Waals surface area contributed by atoms with Crippen LogP contribution in [0.2, 0.25) is 0 Å². The van der Waals surface area contributed by atoms with Gasteiger partial charge in [0.1, 0.15) is 16.6 Å². The van der Waals surface area contributed by atoms with Gasteiger partial charge in [0.2, 0.25) is 5.91 Å². The summed E-state index contributed by atoms with van der Waals surface area (Å²) >= 11 is 1.65. The Labute approximate surface area is 159 Å². The normalized spacial score (nSPS) is 18.7. The molecule has 3 aromatic rings. The van der Waals surface area contributed by atoms with Gasteiger partial charge in [-0.25, -0.2) is 13.8 Å². The van der Waals surface area contributed by atoms with Crippen LogP contribution in [0.3, 0.4) is 0 Å². The van der Waals surface area contributed by atoms with Crippen LogP contribution in [0, 0.1) is 11.6 Å². The number of rotatable bonds is 4. The summed E-state index contributed by atoms with van der Waals surface area (Å²) in [4.78, 5) is 19.5. The van der Waals surface area contributed by atoms with E-state index in [1.807, 2.05) is 31.2 Å². The van der Waals surface area contributed by atoms with Gasteiger partial charge in [-0.3, -0.25) is 9.69 Å². The molecule has 2 atom stereocenters. The molecule has 7 heteroatoms. The van der Waals surface area contributed by atoms with Gasteiger partial charge in [-0.05, 0) is 50.6 Å². The predicted octanol–water partition coefficient (Wildman–Crippen LogP) is 4.74. The van der Waals surface area contributed by atoms with Gasteiger partial charge in [-0.15, -0.1) is 11.3 Å². The number of carbonyl (C=O) groups is 1. The first kappa shape index (κ1) is 18.0. The molecule has 1 amide bonds. The number of amides is 1. The maximum absolute atomic E-state index is 13.8. The van der Waals surface area contributed by atoms with E-state index in [0.717, 1.165) is 46.7 Å². The summed E-state index contributed by atoms with van der Waals surface area (Å²) in [5, 5.41) is 3.57. The third-order valence-electron chi connectivity index (χ3n) is 4.96. The Morgan fingerprint density at radius 1 is 1.30 bits per heavy atom. The molecule has 1 saturated heterocycles. The highest BCUT2D eigenvalue weighted by Crippen LogP contribution is 2.37. The average molecular weight is 387 g/mol. The Morgan fingerprint density at radius 3 is 2.89 bits per heavy atom. The predicted molar refractivity (Wildman–Crippen MR) is 103 cm³/mol. The zero-order chi connectivity index (χ0) is 19.0. The van der Waals surface area contributed by atoms with Gasteiger partial charge in [0.25, 0.3) is 0 Å². The third kappa shape index (κ3) is 3.57. The smallest absolute Gasteiger partial charge is 0.241 e. The zero-order valence-corrected chi connectivity index (χ0v) is 15.6. The zero-order valence-electron chi connectivity index (χ0n) is 14.8. The fraction of sp³-hybridized carbons (Fsp3) is 0.300. The lowest BCUT2D eigenvalue weighted by Crippen LogP contribution is -2.41. The van der Waals surface area contributed by atoms with Crippen molar-refractivity contribution in [3.05, 3.63) is 59.1 Å². The molecule has 1 aliphatic rings. The minimum Gasteiger partial charge on any atom is -0.322 e. The lowest BCUT2D eigenvalue weighted by Gasteiger charge is -2.28. The molecule has 140 valence electrons. The molecule has 1 aliphatic heterocycles. The molecule has 2 aromatic carbocycles. The molecule has 2 unspecified atom stereocenters. The van der Waals surface area contributed by atoms with E-state index in [2.05, 4.69) is 10.2 Å². The van der Waals surface area contributed by atoms with Crippen LogP contribution in [-0.4, -0.2) is 28.4 Å². The summed E-state index contributed by atoms with van der Waals surface area (Å²) in [6.45, 7) is 2.59. The number of para-hydroxylation sites is 1. The number of fused-ring (bicyclic) bond motifs is 1. The number of aromatic nitrogens is 1. The molecule has 27 heavy (non-hydrogen) atoms. The molecular formula is C20H19F2N3OS. The van der Waals surface area contributed by atoms with Crippen molar-refractivity contribution < 1.29 is 13.6 Å². The van der Waals surface area contributed by atoms with Crippen LogP contribution in [0.4, 0.5) is 14.5 Å². The highest BCUT2D eigenvalue weighted by atomic mass is 32.1. The number of carbonyl (C=O) groups excluding carboxylic acids is 1. The van der Waals surface area contributed by atoms with E-state index < -0.39 is 17.7 Å². The summed E-state index contributed by atoms with van der Waals surface area (Å²) < 4.78 is 28.0. The average Bonchev–Trinajstić information content (AvgIpc) is 3.29. The summed E-state index contributed by atoms with van der Waals surface area (Å²) in [6.07, 6.45) is 1.91.